The molecule has 0 spiro atoms. The monoisotopic (exact) mass is 487 g/mol. The van der Waals surface area contributed by atoms with Crippen molar-refractivity contribution in [2.45, 2.75) is 38.4 Å². The van der Waals surface area contributed by atoms with E-state index in [1.807, 2.05) is 12.1 Å². The van der Waals surface area contributed by atoms with Gasteiger partial charge in [-0.05, 0) is 56.0 Å². The third-order valence-corrected chi connectivity index (χ3v) is 5.73. The molecule has 0 aliphatic carbocycles. The molecule has 2 aromatic heterocycles. The third kappa shape index (κ3) is 7.14. The molecule has 10 heteroatoms. The number of nitrogens with zero attached hydrogens (tertiary/aromatic N) is 1. The van der Waals surface area contributed by atoms with Crippen molar-refractivity contribution in [1.82, 2.24) is 10.3 Å². The fourth-order valence-corrected chi connectivity index (χ4v) is 4.05. The number of ether oxygens (including phenoxy) is 2. The van der Waals surface area contributed by atoms with Gasteiger partial charge >= 0.3 is 6.09 Å². The molecule has 0 saturated heterocycles. The van der Waals surface area contributed by atoms with E-state index in [-0.39, 0.29) is 25.7 Å². The van der Waals surface area contributed by atoms with Crippen molar-refractivity contribution in [2.24, 2.45) is 0 Å². The fraction of sp³-hybridized carbons (Fsp3) is 0.375. The molecule has 0 fully saturated rings. The minimum absolute atomic E-state index is 0.0172. The number of amides is 2. The second kappa shape index (κ2) is 11.3. The highest BCUT2D eigenvalue weighted by Crippen LogP contribution is 2.30. The maximum atomic E-state index is 13.2. The molecule has 3 rings (SSSR count). The van der Waals surface area contributed by atoms with Crippen LogP contribution in [0, 0.1) is 0 Å². The van der Waals surface area contributed by atoms with E-state index < -0.39 is 23.7 Å². The molecule has 1 unspecified atom stereocenters. The van der Waals surface area contributed by atoms with Gasteiger partial charge in [0.25, 0.3) is 0 Å². The standard InChI is InChI=1S/C24H29N3O6S/c1-24(2,3)33-23(31)26-11-19(15-4-6-17(7-5-15)32-18(13-28)14-29)22(30)27-21-10-16-8-9-25-12-20(16)34-21/h4-10,12,18-19,28-29H,11,13-14H2,1-3H3,(H,26,31)(H,27,30). The van der Waals surface area contributed by atoms with Crippen molar-refractivity contribution >= 4 is 38.4 Å². The Balaban J connectivity index is 1.78. The Hall–Kier alpha value is -3.21. The second-order valence-corrected chi connectivity index (χ2v) is 9.71. The van der Waals surface area contributed by atoms with Crippen molar-refractivity contribution in [3.8, 4) is 5.75 Å². The summed E-state index contributed by atoms with van der Waals surface area (Å²) in [7, 11) is 0. The number of hydrogen-bond donors (Lipinski definition) is 4. The first kappa shape index (κ1) is 25.4. The molecule has 182 valence electrons. The highest BCUT2D eigenvalue weighted by molar-refractivity contribution is 7.22. The van der Waals surface area contributed by atoms with Gasteiger partial charge in [-0.3, -0.25) is 9.78 Å². The number of rotatable bonds is 9. The summed E-state index contributed by atoms with van der Waals surface area (Å²) in [5, 5.41) is 25.7. The van der Waals surface area contributed by atoms with Crippen LogP contribution in [0.25, 0.3) is 10.1 Å². The van der Waals surface area contributed by atoms with Gasteiger partial charge in [-0.25, -0.2) is 4.79 Å². The van der Waals surface area contributed by atoms with E-state index >= 15 is 0 Å². The van der Waals surface area contributed by atoms with Crippen LogP contribution in [0.15, 0.2) is 48.8 Å². The summed E-state index contributed by atoms with van der Waals surface area (Å²) in [6, 6.07) is 10.4. The Kier molecular flexibility index (Phi) is 8.43. The summed E-state index contributed by atoms with van der Waals surface area (Å²) in [6.45, 7) is 4.65. The molecule has 34 heavy (non-hydrogen) atoms. The van der Waals surface area contributed by atoms with Gasteiger partial charge in [-0.1, -0.05) is 12.1 Å². The van der Waals surface area contributed by atoms with Crippen LogP contribution in [0.4, 0.5) is 9.80 Å². The largest absolute Gasteiger partial charge is 0.486 e. The van der Waals surface area contributed by atoms with Gasteiger partial charge in [-0.15, -0.1) is 11.3 Å². The van der Waals surface area contributed by atoms with E-state index in [9.17, 15) is 19.8 Å². The molecule has 3 aromatic rings. The lowest BCUT2D eigenvalue weighted by atomic mass is 9.98. The average molecular weight is 488 g/mol. The van der Waals surface area contributed by atoms with Crippen LogP contribution in [0.5, 0.6) is 5.75 Å². The number of hydrogen-bond acceptors (Lipinski definition) is 8. The molecule has 0 aliphatic heterocycles. The van der Waals surface area contributed by atoms with Crippen molar-refractivity contribution in [3.05, 3.63) is 54.4 Å². The zero-order valence-corrected chi connectivity index (χ0v) is 20.1. The Bertz CT molecular complexity index is 1070. The third-order valence-electron chi connectivity index (χ3n) is 4.73. The maximum Gasteiger partial charge on any atom is 0.407 e. The normalized spacial score (nSPS) is 12.4. The molecule has 2 amide bonds. The van der Waals surface area contributed by atoms with E-state index in [1.54, 1.807) is 57.4 Å². The van der Waals surface area contributed by atoms with Crippen molar-refractivity contribution in [1.29, 1.82) is 0 Å². The van der Waals surface area contributed by atoms with Crippen LogP contribution >= 0.6 is 11.3 Å². The van der Waals surface area contributed by atoms with E-state index in [0.29, 0.717) is 16.3 Å². The quantitative estimate of drug-likeness (QED) is 0.364. The molecule has 4 N–H and O–H groups in total. The summed E-state index contributed by atoms with van der Waals surface area (Å²) >= 11 is 1.41. The molecule has 0 saturated carbocycles. The van der Waals surface area contributed by atoms with Gasteiger partial charge < -0.3 is 30.3 Å². The lowest BCUT2D eigenvalue weighted by molar-refractivity contribution is -0.117. The molecule has 2 heterocycles. The van der Waals surface area contributed by atoms with Gasteiger partial charge in [0.15, 0.2) is 0 Å². The zero-order chi connectivity index (χ0) is 24.7. The number of anilines is 1. The predicted octanol–water partition coefficient (Wildman–Crippen LogP) is 3.28. The van der Waals surface area contributed by atoms with E-state index in [2.05, 4.69) is 15.6 Å². The Morgan fingerprint density at radius 1 is 1.12 bits per heavy atom. The molecular weight excluding hydrogens is 458 g/mol. The first-order chi connectivity index (χ1) is 16.2. The molecular formula is C24H29N3O6S. The summed E-state index contributed by atoms with van der Waals surface area (Å²) in [5.74, 6) is -0.572. The fourth-order valence-electron chi connectivity index (χ4n) is 3.12. The number of aliphatic hydroxyl groups is 2. The maximum absolute atomic E-state index is 13.2. The van der Waals surface area contributed by atoms with E-state index in [1.165, 1.54) is 11.3 Å². The average Bonchev–Trinajstić information content (AvgIpc) is 3.19. The molecule has 9 nitrogen and oxygen atoms in total. The number of fused-ring (bicyclic) bond motifs is 1. The number of nitrogens with one attached hydrogen (secondary N) is 2. The molecule has 1 aromatic carbocycles. The van der Waals surface area contributed by atoms with E-state index in [0.717, 1.165) is 10.1 Å². The topological polar surface area (TPSA) is 130 Å². The Morgan fingerprint density at radius 2 is 1.82 bits per heavy atom. The molecule has 0 bridgehead atoms. The SMILES string of the molecule is CC(C)(C)OC(=O)NCC(C(=O)Nc1cc2ccncc2s1)c1ccc(OC(CO)CO)cc1. The number of pyridine rings is 1. The number of aliphatic hydroxyl groups excluding tert-OH is 2. The molecule has 0 aliphatic rings. The van der Waals surface area contributed by atoms with Gasteiger partial charge in [0.2, 0.25) is 5.91 Å². The highest BCUT2D eigenvalue weighted by Gasteiger charge is 2.24. The smallest absolute Gasteiger partial charge is 0.407 e. The van der Waals surface area contributed by atoms with Crippen LogP contribution < -0.4 is 15.4 Å². The van der Waals surface area contributed by atoms with Crippen LogP contribution in [0.1, 0.15) is 32.3 Å². The molecule has 0 radical (unpaired) electrons. The molecule has 1 atom stereocenters. The van der Waals surface area contributed by atoms with Crippen LogP contribution in [0.2, 0.25) is 0 Å². The highest BCUT2D eigenvalue weighted by atomic mass is 32.1. The Morgan fingerprint density at radius 3 is 2.44 bits per heavy atom. The van der Waals surface area contributed by atoms with Crippen molar-refractivity contribution < 1.29 is 29.3 Å². The second-order valence-electron chi connectivity index (χ2n) is 8.62. The van der Waals surface area contributed by atoms with Crippen LogP contribution in [-0.4, -0.2) is 58.7 Å². The summed E-state index contributed by atoms with van der Waals surface area (Å²) in [5.41, 5.74) is -0.0183. The summed E-state index contributed by atoms with van der Waals surface area (Å²) in [6.07, 6.45) is 2.07. The number of carbonyl (C=O) groups is 2. The summed E-state index contributed by atoms with van der Waals surface area (Å²) < 4.78 is 11.7. The van der Waals surface area contributed by atoms with Gasteiger partial charge in [-0.2, -0.15) is 0 Å². The number of thiophene rings is 1. The van der Waals surface area contributed by atoms with Crippen LogP contribution in [-0.2, 0) is 9.53 Å². The lowest BCUT2D eigenvalue weighted by Crippen LogP contribution is -2.37. The number of aromatic nitrogens is 1. The first-order valence-corrected chi connectivity index (χ1v) is 11.6. The van der Waals surface area contributed by atoms with Gasteiger partial charge in [0.1, 0.15) is 17.5 Å². The van der Waals surface area contributed by atoms with Gasteiger partial charge in [0, 0.05) is 18.9 Å². The van der Waals surface area contributed by atoms with E-state index in [4.69, 9.17) is 9.47 Å². The number of carbonyl (C=O) groups excluding carboxylic acids is 2. The lowest BCUT2D eigenvalue weighted by Gasteiger charge is -2.22. The van der Waals surface area contributed by atoms with Crippen LogP contribution in [0.3, 0.4) is 0 Å². The van der Waals surface area contributed by atoms with Crippen molar-refractivity contribution in [3.63, 3.8) is 0 Å². The number of alkyl carbamates (subject to hydrolysis) is 1. The summed E-state index contributed by atoms with van der Waals surface area (Å²) in [4.78, 5) is 29.5. The number of benzene rings is 1. The van der Waals surface area contributed by atoms with Gasteiger partial charge in [0.05, 0.1) is 28.8 Å². The van der Waals surface area contributed by atoms with Crippen molar-refractivity contribution in [2.75, 3.05) is 25.1 Å². The Labute approximate surface area is 201 Å². The zero-order valence-electron chi connectivity index (χ0n) is 19.3. The minimum Gasteiger partial charge on any atom is -0.486 e. The predicted molar refractivity (Wildman–Crippen MR) is 130 cm³/mol. The first-order valence-electron chi connectivity index (χ1n) is 10.8. The minimum atomic E-state index is -0.735.